The van der Waals surface area contributed by atoms with Crippen LogP contribution in [-0.4, -0.2) is 13.1 Å². The van der Waals surface area contributed by atoms with Gasteiger partial charge in [-0.1, -0.05) is 35.0 Å². The van der Waals surface area contributed by atoms with E-state index in [2.05, 4.69) is 27.6 Å². The van der Waals surface area contributed by atoms with Crippen molar-refractivity contribution in [3.05, 3.63) is 35.4 Å². The van der Waals surface area contributed by atoms with E-state index in [1.165, 1.54) is 12.7 Å². The first-order valence-corrected chi connectivity index (χ1v) is 5.43. The van der Waals surface area contributed by atoms with E-state index in [4.69, 9.17) is 0 Å². The molecule has 0 heterocycles. The second kappa shape index (κ2) is 5.15. The average Bonchev–Trinajstić information content (AvgIpc) is 2.27. The summed E-state index contributed by atoms with van der Waals surface area (Å²) < 4.78 is 4.61. The van der Waals surface area contributed by atoms with Crippen molar-refractivity contribution in [2.75, 3.05) is 7.11 Å². The predicted octanol–water partition coefficient (Wildman–Crippen LogP) is 3.32. The van der Waals surface area contributed by atoms with Crippen molar-refractivity contribution in [1.82, 2.24) is 0 Å². The number of ether oxygens (including phenoxy) is 1. The summed E-state index contributed by atoms with van der Waals surface area (Å²) in [6.45, 7) is 2.10. The molecule has 0 aliphatic rings. The number of methoxy groups -OCH3 is 1. The van der Waals surface area contributed by atoms with Crippen LogP contribution in [0, 0.1) is 0 Å². The third kappa shape index (κ3) is 2.58. The second-order valence-electron chi connectivity index (χ2n) is 2.99. The number of rotatable bonds is 3. The molecule has 0 aliphatic carbocycles. The molecule has 1 atom stereocenters. The van der Waals surface area contributed by atoms with Crippen LogP contribution in [0.4, 0.5) is 0 Å². The molecule has 0 saturated heterocycles. The van der Waals surface area contributed by atoms with Gasteiger partial charge < -0.3 is 4.74 Å². The third-order valence-corrected chi connectivity index (χ3v) is 3.23. The highest BCUT2D eigenvalue weighted by Crippen LogP contribution is 2.25. The molecular formula is C11H13BrO2. The fourth-order valence-corrected chi connectivity index (χ4v) is 1.49. The van der Waals surface area contributed by atoms with Crippen LogP contribution in [0.5, 0.6) is 0 Å². The Labute approximate surface area is 92.4 Å². The highest BCUT2D eigenvalue weighted by atomic mass is 79.9. The summed E-state index contributed by atoms with van der Waals surface area (Å²) >= 11 is 3.55. The van der Waals surface area contributed by atoms with E-state index in [-0.39, 0.29) is 5.97 Å². The standard InChI is InChI=1S/C11H13BrO2/c1-3-10(12)8-4-6-9(7-5-8)11(13)14-2/h4-7,10H,3H2,1-2H3. The quantitative estimate of drug-likeness (QED) is 0.613. The van der Waals surface area contributed by atoms with Crippen LogP contribution in [0.25, 0.3) is 0 Å². The van der Waals surface area contributed by atoms with Gasteiger partial charge in [0.25, 0.3) is 0 Å². The Morgan fingerprint density at radius 3 is 2.43 bits per heavy atom. The number of benzene rings is 1. The Hall–Kier alpha value is -0.830. The second-order valence-corrected chi connectivity index (χ2v) is 4.09. The first-order valence-electron chi connectivity index (χ1n) is 4.51. The third-order valence-electron chi connectivity index (χ3n) is 2.05. The van der Waals surface area contributed by atoms with Crippen LogP contribution < -0.4 is 0 Å². The Morgan fingerprint density at radius 1 is 1.43 bits per heavy atom. The van der Waals surface area contributed by atoms with Crippen LogP contribution in [0.2, 0.25) is 0 Å². The first-order chi connectivity index (χ1) is 6.69. The van der Waals surface area contributed by atoms with Gasteiger partial charge in [0.15, 0.2) is 0 Å². The van der Waals surface area contributed by atoms with Crippen LogP contribution in [-0.2, 0) is 4.74 Å². The molecule has 1 rings (SSSR count). The highest BCUT2D eigenvalue weighted by molar-refractivity contribution is 9.09. The molecule has 76 valence electrons. The monoisotopic (exact) mass is 256 g/mol. The van der Waals surface area contributed by atoms with Gasteiger partial charge in [-0.2, -0.15) is 0 Å². The number of carbonyl (C=O) groups excluding carboxylic acids is 1. The Balaban J connectivity index is 2.83. The van der Waals surface area contributed by atoms with Crippen molar-refractivity contribution in [3.63, 3.8) is 0 Å². The maximum atomic E-state index is 11.1. The molecule has 1 aromatic carbocycles. The highest BCUT2D eigenvalue weighted by Gasteiger charge is 2.07. The lowest BCUT2D eigenvalue weighted by molar-refractivity contribution is 0.0600. The largest absolute Gasteiger partial charge is 0.465 e. The summed E-state index contributed by atoms with van der Waals surface area (Å²) in [7, 11) is 1.38. The van der Waals surface area contributed by atoms with E-state index in [1.807, 2.05) is 12.1 Å². The van der Waals surface area contributed by atoms with Gasteiger partial charge in [-0.3, -0.25) is 0 Å². The van der Waals surface area contributed by atoms with Crippen molar-refractivity contribution in [2.45, 2.75) is 18.2 Å². The predicted molar refractivity (Wildman–Crippen MR) is 59.7 cm³/mol. The first kappa shape index (κ1) is 11.2. The van der Waals surface area contributed by atoms with E-state index in [0.717, 1.165) is 6.42 Å². The van der Waals surface area contributed by atoms with Crippen molar-refractivity contribution >= 4 is 21.9 Å². The molecule has 0 aromatic heterocycles. The molecule has 14 heavy (non-hydrogen) atoms. The van der Waals surface area contributed by atoms with Gasteiger partial charge in [0.2, 0.25) is 0 Å². The maximum absolute atomic E-state index is 11.1. The number of hydrogen-bond acceptors (Lipinski definition) is 2. The van der Waals surface area contributed by atoms with Crippen molar-refractivity contribution in [3.8, 4) is 0 Å². The summed E-state index contributed by atoms with van der Waals surface area (Å²) in [5.74, 6) is -0.292. The lowest BCUT2D eigenvalue weighted by atomic mass is 10.1. The van der Waals surface area contributed by atoms with Crippen LogP contribution in [0.3, 0.4) is 0 Å². The zero-order valence-corrected chi connectivity index (χ0v) is 9.87. The zero-order chi connectivity index (χ0) is 10.6. The van der Waals surface area contributed by atoms with E-state index in [1.54, 1.807) is 12.1 Å². The number of halogens is 1. The smallest absolute Gasteiger partial charge is 0.337 e. The summed E-state index contributed by atoms with van der Waals surface area (Å²) in [4.78, 5) is 11.5. The summed E-state index contributed by atoms with van der Waals surface area (Å²) in [6.07, 6.45) is 1.03. The minimum absolute atomic E-state index is 0.292. The number of hydrogen-bond donors (Lipinski definition) is 0. The molecule has 0 aliphatic heterocycles. The normalized spacial score (nSPS) is 12.2. The molecule has 3 heteroatoms. The summed E-state index contributed by atoms with van der Waals surface area (Å²) in [5.41, 5.74) is 1.77. The number of carbonyl (C=O) groups is 1. The van der Waals surface area contributed by atoms with E-state index in [9.17, 15) is 4.79 Å². The molecule has 0 amide bonds. The van der Waals surface area contributed by atoms with Crippen LogP contribution in [0.1, 0.15) is 34.1 Å². The lowest BCUT2D eigenvalue weighted by Crippen LogP contribution is -2.01. The van der Waals surface area contributed by atoms with Crippen LogP contribution in [0.15, 0.2) is 24.3 Å². The van der Waals surface area contributed by atoms with Gasteiger partial charge in [0, 0.05) is 4.83 Å². The van der Waals surface area contributed by atoms with Gasteiger partial charge in [-0.15, -0.1) is 0 Å². The molecule has 0 saturated carbocycles. The fraction of sp³-hybridized carbons (Fsp3) is 0.364. The van der Waals surface area contributed by atoms with Gasteiger partial charge in [0.1, 0.15) is 0 Å². The minimum Gasteiger partial charge on any atom is -0.465 e. The summed E-state index contributed by atoms with van der Waals surface area (Å²) in [5, 5.41) is 0. The number of esters is 1. The number of alkyl halides is 1. The SMILES string of the molecule is CCC(Br)c1ccc(C(=O)OC)cc1. The molecule has 0 N–H and O–H groups in total. The Morgan fingerprint density at radius 2 is 2.00 bits per heavy atom. The van der Waals surface area contributed by atoms with Gasteiger partial charge in [-0.25, -0.2) is 4.79 Å². The van der Waals surface area contributed by atoms with Crippen molar-refractivity contribution in [2.24, 2.45) is 0 Å². The molecule has 0 radical (unpaired) electrons. The molecule has 0 bridgehead atoms. The van der Waals surface area contributed by atoms with E-state index < -0.39 is 0 Å². The topological polar surface area (TPSA) is 26.3 Å². The Kier molecular flexibility index (Phi) is 4.14. The van der Waals surface area contributed by atoms with Crippen molar-refractivity contribution < 1.29 is 9.53 Å². The van der Waals surface area contributed by atoms with Crippen LogP contribution >= 0.6 is 15.9 Å². The van der Waals surface area contributed by atoms with E-state index in [0.29, 0.717) is 10.4 Å². The maximum Gasteiger partial charge on any atom is 0.337 e. The molecule has 0 fully saturated rings. The molecular weight excluding hydrogens is 244 g/mol. The zero-order valence-electron chi connectivity index (χ0n) is 8.29. The minimum atomic E-state index is -0.292. The molecule has 2 nitrogen and oxygen atoms in total. The fourth-order valence-electron chi connectivity index (χ4n) is 1.18. The Bertz CT molecular complexity index is 306. The summed E-state index contributed by atoms with van der Waals surface area (Å²) in [6, 6.07) is 7.44. The lowest BCUT2D eigenvalue weighted by Gasteiger charge is -2.07. The van der Waals surface area contributed by atoms with Gasteiger partial charge >= 0.3 is 5.97 Å². The van der Waals surface area contributed by atoms with Gasteiger partial charge in [-0.05, 0) is 24.1 Å². The molecule has 0 spiro atoms. The van der Waals surface area contributed by atoms with E-state index >= 15 is 0 Å². The van der Waals surface area contributed by atoms with Crippen molar-refractivity contribution in [1.29, 1.82) is 0 Å². The molecule has 1 aromatic rings. The van der Waals surface area contributed by atoms with Gasteiger partial charge in [0.05, 0.1) is 12.7 Å². The average molecular weight is 257 g/mol. The molecule has 1 unspecified atom stereocenters.